The van der Waals surface area contributed by atoms with Crippen LogP contribution in [-0.2, 0) is 18.4 Å². The molecule has 0 N–H and O–H groups in total. The maximum Gasteiger partial charge on any atom is 0.419 e. The van der Waals surface area contributed by atoms with E-state index in [0.717, 1.165) is 43.8 Å². The van der Waals surface area contributed by atoms with Crippen molar-refractivity contribution in [1.82, 2.24) is 9.13 Å². The number of hydrogen-bond donors (Lipinski definition) is 0. The topological polar surface area (TPSA) is 36.2 Å². The van der Waals surface area contributed by atoms with E-state index < -0.39 is 0 Å². The highest BCUT2D eigenvalue weighted by Crippen LogP contribution is 2.38. The molecule has 0 radical (unpaired) electrons. The number of carbonyl (C=O) groups is 1. The van der Waals surface area contributed by atoms with Crippen LogP contribution >= 0.6 is 0 Å². The molecular formula is C27H20N2O2. The van der Waals surface area contributed by atoms with E-state index in [-0.39, 0.29) is 12.7 Å². The number of carbonyl (C=O) groups excluding carboxylic acids is 1. The molecule has 0 saturated carbocycles. The highest BCUT2D eigenvalue weighted by molar-refractivity contribution is 6.24. The molecule has 2 aromatic heterocycles. The van der Waals surface area contributed by atoms with Crippen molar-refractivity contribution in [3.63, 3.8) is 0 Å². The summed E-state index contributed by atoms with van der Waals surface area (Å²) >= 11 is 0. The van der Waals surface area contributed by atoms with Gasteiger partial charge in [-0.05, 0) is 17.7 Å². The number of ether oxygens (including phenoxy) is 1. The van der Waals surface area contributed by atoms with Gasteiger partial charge in [0.2, 0.25) is 0 Å². The van der Waals surface area contributed by atoms with Gasteiger partial charge >= 0.3 is 6.09 Å². The number of hydrogen-bond acceptors (Lipinski definition) is 2. The Labute approximate surface area is 178 Å². The Balaban J connectivity index is 1.64. The largest absolute Gasteiger partial charge is 0.444 e. The molecule has 0 unspecified atom stereocenters. The number of aryl methyl sites for hydroxylation is 1. The minimum absolute atomic E-state index is 0.235. The van der Waals surface area contributed by atoms with Gasteiger partial charge in [-0.1, -0.05) is 78.9 Å². The monoisotopic (exact) mass is 404 g/mol. The lowest BCUT2D eigenvalue weighted by Gasteiger charge is -2.09. The highest BCUT2D eigenvalue weighted by Gasteiger charge is 2.22. The Morgan fingerprint density at radius 1 is 0.677 bits per heavy atom. The number of fused-ring (bicyclic) bond motifs is 7. The summed E-state index contributed by atoms with van der Waals surface area (Å²) in [4.78, 5) is 13.4. The zero-order chi connectivity index (χ0) is 20.9. The first kappa shape index (κ1) is 17.8. The smallest absolute Gasteiger partial charge is 0.419 e. The molecule has 4 aromatic carbocycles. The summed E-state index contributed by atoms with van der Waals surface area (Å²) in [5.74, 6) is 0. The van der Waals surface area contributed by atoms with E-state index in [4.69, 9.17) is 4.74 Å². The summed E-state index contributed by atoms with van der Waals surface area (Å²) in [5.41, 5.74) is 4.88. The number of aromatic nitrogens is 2. The lowest BCUT2D eigenvalue weighted by Crippen LogP contribution is -2.13. The maximum atomic E-state index is 13.4. The maximum absolute atomic E-state index is 13.4. The molecule has 0 amide bonds. The van der Waals surface area contributed by atoms with E-state index in [9.17, 15) is 4.79 Å². The van der Waals surface area contributed by atoms with Crippen LogP contribution in [-0.4, -0.2) is 15.2 Å². The summed E-state index contributed by atoms with van der Waals surface area (Å²) in [6.45, 7) is 0.235. The Hall–Kier alpha value is -4.05. The molecule has 0 aliphatic rings. The van der Waals surface area contributed by atoms with Gasteiger partial charge in [0.25, 0.3) is 0 Å². The molecule has 0 atom stereocenters. The van der Waals surface area contributed by atoms with Crippen molar-refractivity contribution in [1.29, 1.82) is 0 Å². The normalized spacial score (nSPS) is 11.6. The van der Waals surface area contributed by atoms with E-state index in [1.165, 1.54) is 5.39 Å². The first-order valence-electron chi connectivity index (χ1n) is 10.3. The van der Waals surface area contributed by atoms with Crippen molar-refractivity contribution in [2.24, 2.45) is 7.05 Å². The first-order valence-corrected chi connectivity index (χ1v) is 10.3. The molecule has 0 spiro atoms. The van der Waals surface area contributed by atoms with E-state index in [1.807, 2.05) is 54.6 Å². The average molecular weight is 404 g/mol. The van der Waals surface area contributed by atoms with Gasteiger partial charge in [0, 0.05) is 34.1 Å². The summed E-state index contributed by atoms with van der Waals surface area (Å²) in [6.07, 6.45) is -0.368. The van der Waals surface area contributed by atoms with Gasteiger partial charge in [-0.3, -0.25) is 0 Å². The molecule has 6 rings (SSSR count). The van der Waals surface area contributed by atoms with Crippen LogP contribution in [0.15, 0.2) is 91.0 Å². The molecule has 2 heterocycles. The Bertz CT molecular complexity index is 1610. The Kier molecular flexibility index (Phi) is 3.87. The lowest BCUT2D eigenvalue weighted by atomic mass is 10.1. The van der Waals surface area contributed by atoms with E-state index in [2.05, 4.69) is 48.0 Å². The van der Waals surface area contributed by atoms with Crippen molar-refractivity contribution >= 4 is 49.7 Å². The third-order valence-corrected chi connectivity index (χ3v) is 6.09. The zero-order valence-electron chi connectivity index (χ0n) is 17.1. The molecule has 31 heavy (non-hydrogen) atoms. The van der Waals surface area contributed by atoms with Crippen LogP contribution < -0.4 is 0 Å². The molecule has 0 aliphatic heterocycles. The second-order valence-corrected chi connectivity index (χ2v) is 7.83. The second-order valence-electron chi connectivity index (χ2n) is 7.83. The minimum atomic E-state index is -0.368. The fourth-order valence-electron chi connectivity index (χ4n) is 4.68. The Morgan fingerprint density at radius 3 is 2.00 bits per heavy atom. The molecule has 0 fully saturated rings. The van der Waals surface area contributed by atoms with E-state index in [0.29, 0.717) is 0 Å². The summed E-state index contributed by atoms with van der Waals surface area (Å²) in [6, 6.07) is 30.4. The van der Waals surface area contributed by atoms with Crippen molar-refractivity contribution < 1.29 is 9.53 Å². The van der Waals surface area contributed by atoms with Gasteiger partial charge < -0.3 is 9.30 Å². The van der Waals surface area contributed by atoms with Gasteiger partial charge in [-0.25, -0.2) is 9.36 Å². The predicted octanol–water partition coefficient (Wildman–Crippen LogP) is 6.62. The number of benzene rings is 4. The van der Waals surface area contributed by atoms with Gasteiger partial charge in [-0.15, -0.1) is 0 Å². The SMILES string of the molecule is Cn1c2ccccc2c2ccc3c4ccccc4n(C(=O)OCc4ccccc4)c3c21. The fraction of sp³-hybridized carbons (Fsp3) is 0.0741. The van der Waals surface area contributed by atoms with Crippen LogP contribution in [0.2, 0.25) is 0 Å². The molecule has 6 aromatic rings. The van der Waals surface area contributed by atoms with E-state index in [1.54, 1.807) is 4.57 Å². The van der Waals surface area contributed by atoms with Crippen molar-refractivity contribution in [3.05, 3.63) is 96.6 Å². The minimum Gasteiger partial charge on any atom is -0.444 e. The number of nitrogens with zero attached hydrogens (tertiary/aromatic N) is 2. The quantitative estimate of drug-likeness (QED) is 0.325. The lowest BCUT2D eigenvalue weighted by molar-refractivity contribution is 0.143. The van der Waals surface area contributed by atoms with Gasteiger partial charge in [0.1, 0.15) is 6.61 Å². The van der Waals surface area contributed by atoms with Gasteiger partial charge in [0.15, 0.2) is 0 Å². The van der Waals surface area contributed by atoms with Crippen LogP contribution in [0.25, 0.3) is 43.6 Å². The van der Waals surface area contributed by atoms with E-state index >= 15 is 0 Å². The van der Waals surface area contributed by atoms with Crippen LogP contribution in [0.3, 0.4) is 0 Å². The van der Waals surface area contributed by atoms with Crippen molar-refractivity contribution in [2.75, 3.05) is 0 Å². The third-order valence-electron chi connectivity index (χ3n) is 6.09. The van der Waals surface area contributed by atoms with Crippen LogP contribution in [0.1, 0.15) is 5.56 Å². The summed E-state index contributed by atoms with van der Waals surface area (Å²) < 4.78 is 9.67. The number of para-hydroxylation sites is 2. The third kappa shape index (κ3) is 2.58. The second kappa shape index (κ2) is 6.74. The first-order chi connectivity index (χ1) is 15.2. The molecule has 4 heteroatoms. The molecule has 0 bridgehead atoms. The van der Waals surface area contributed by atoms with Crippen molar-refractivity contribution in [3.8, 4) is 0 Å². The molecule has 150 valence electrons. The van der Waals surface area contributed by atoms with Crippen LogP contribution in [0, 0.1) is 0 Å². The Morgan fingerprint density at radius 2 is 1.26 bits per heavy atom. The zero-order valence-corrected chi connectivity index (χ0v) is 17.1. The van der Waals surface area contributed by atoms with Gasteiger partial charge in [0.05, 0.1) is 16.6 Å². The summed E-state index contributed by atoms with van der Waals surface area (Å²) in [5, 5.41) is 4.40. The predicted molar refractivity (Wildman–Crippen MR) is 125 cm³/mol. The van der Waals surface area contributed by atoms with Crippen molar-refractivity contribution in [2.45, 2.75) is 6.61 Å². The highest BCUT2D eigenvalue weighted by atomic mass is 16.5. The van der Waals surface area contributed by atoms with Crippen LogP contribution in [0.4, 0.5) is 4.79 Å². The van der Waals surface area contributed by atoms with Crippen LogP contribution in [0.5, 0.6) is 0 Å². The summed E-state index contributed by atoms with van der Waals surface area (Å²) in [7, 11) is 2.06. The molecular weight excluding hydrogens is 384 g/mol. The fourth-order valence-corrected chi connectivity index (χ4v) is 4.68. The standard InChI is InChI=1S/C27H20N2O2/c1-28-23-13-7-5-11-19(23)21-15-16-22-20-12-6-8-14-24(20)29(26(22)25(21)28)27(30)31-17-18-9-3-2-4-10-18/h2-16H,17H2,1H3. The molecule has 4 nitrogen and oxygen atoms in total. The van der Waals surface area contributed by atoms with Gasteiger partial charge in [-0.2, -0.15) is 0 Å². The average Bonchev–Trinajstić information content (AvgIpc) is 3.31. The number of rotatable bonds is 2. The molecule has 0 aliphatic carbocycles. The molecule has 0 saturated heterocycles.